The fraction of sp³-hybridized carbons (Fsp3) is 0.0667. The van der Waals surface area contributed by atoms with Crippen LogP contribution < -0.4 is 5.32 Å². The second kappa shape index (κ2) is 4.84. The number of benzene rings is 2. The molecule has 0 radical (unpaired) electrons. The number of hydrogen-bond donors (Lipinski definition) is 1. The van der Waals surface area contributed by atoms with Gasteiger partial charge in [0.1, 0.15) is 0 Å². The van der Waals surface area contributed by atoms with Gasteiger partial charge in [0.25, 0.3) is 0 Å². The highest BCUT2D eigenvalue weighted by Gasteiger charge is 2.00. The molecule has 2 aromatic carbocycles. The van der Waals surface area contributed by atoms with E-state index < -0.39 is 0 Å². The molecule has 0 spiro atoms. The molecule has 0 aliphatic carbocycles. The van der Waals surface area contributed by atoms with Crippen molar-refractivity contribution in [1.82, 2.24) is 9.97 Å². The molecule has 88 valence electrons. The third kappa shape index (κ3) is 2.15. The lowest BCUT2D eigenvalue weighted by Crippen LogP contribution is -2.03. The molecule has 0 amide bonds. The molecule has 3 nitrogen and oxygen atoms in total. The van der Waals surface area contributed by atoms with Gasteiger partial charge >= 0.3 is 0 Å². The summed E-state index contributed by atoms with van der Waals surface area (Å²) in [6, 6.07) is 16.5. The molecule has 1 heterocycles. The van der Waals surface area contributed by atoms with Crippen molar-refractivity contribution in [1.29, 1.82) is 0 Å². The number of rotatable bonds is 3. The average Bonchev–Trinajstić information content (AvgIpc) is 2.46. The Morgan fingerprint density at radius 1 is 0.833 bits per heavy atom. The summed E-state index contributed by atoms with van der Waals surface area (Å²) in [7, 11) is 0. The molecule has 0 bridgehead atoms. The summed E-state index contributed by atoms with van der Waals surface area (Å²) in [5.74, 6) is 0.658. The predicted octanol–water partition coefficient (Wildman–Crippen LogP) is 3.24. The standard InChI is InChI=1S/C15H13N3/c1-2-8-14-12(5-1)6-3-7-13(14)11-18-15-16-9-4-10-17-15/h1-10H,11H2,(H,16,17,18). The van der Waals surface area contributed by atoms with Crippen molar-refractivity contribution >= 4 is 16.7 Å². The minimum absolute atomic E-state index is 0.658. The fourth-order valence-electron chi connectivity index (χ4n) is 2.01. The number of hydrogen-bond acceptors (Lipinski definition) is 3. The van der Waals surface area contributed by atoms with Crippen LogP contribution in [-0.4, -0.2) is 9.97 Å². The van der Waals surface area contributed by atoms with Crippen molar-refractivity contribution < 1.29 is 0 Å². The zero-order valence-electron chi connectivity index (χ0n) is 9.88. The monoisotopic (exact) mass is 235 g/mol. The van der Waals surface area contributed by atoms with Crippen molar-refractivity contribution in [3.63, 3.8) is 0 Å². The largest absolute Gasteiger partial charge is 0.350 e. The van der Waals surface area contributed by atoms with E-state index >= 15 is 0 Å². The van der Waals surface area contributed by atoms with Crippen LogP contribution in [0.15, 0.2) is 60.9 Å². The first kappa shape index (κ1) is 10.7. The number of nitrogens with zero attached hydrogens (tertiary/aromatic N) is 2. The summed E-state index contributed by atoms with van der Waals surface area (Å²) in [5, 5.41) is 5.75. The van der Waals surface area contributed by atoms with Gasteiger partial charge in [0.05, 0.1) is 0 Å². The molecule has 0 fully saturated rings. The van der Waals surface area contributed by atoms with E-state index in [1.807, 2.05) is 6.07 Å². The van der Waals surface area contributed by atoms with Crippen LogP contribution in [0, 0.1) is 0 Å². The summed E-state index contributed by atoms with van der Waals surface area (Å²) >= 11 is 0. The van der Waals surface area contributed by atoms with Gasteiger partial charge in [0.15, 0.2) is 0 Å². The van der Waals surface area contributed by atoms with Crippen LogP contribution in [0.3, 0.4) is 0 Å². The SMILES string of the molecule is c1cnc(NCc2cccc3ccccc23)nc1. The summed E-state index contributed by atoms with van der Waals surface area (Å²) in [4.78, 5) is 8.30. The molecule has 3 aromatic rings. The molecular formula is C15H13N3. The minimum atomic E-state index is 0.658. The lowest BCUT2D eigenvalue weighted by Gasteiger charge is -2.07. The van der Waals surface area contributed by atoms with Gasteiger partial charge in [-0.05, 0) is 22.4 Å². The van der Waals surface area contributed by atoms with Crippen molar-refractivity contribution in [2.24, 2.45) is 0 Å². The first-order chi connectivity index (χ1) is 8.93. The highest BCUT2D eigenvalue weighted by Crippen LogP contribution is 2.18. The molecule has 0 aliphatic heterocycles. The Kier molecular flexibility index (Phi) is 2.88. The Morgan fingerprint density at radius 2 is 1.61 bits per heavy atom. The van der Waals surface area contributed by atoms with Crippen molar-refractivity contribution in [2.45, 2.75) is 6.54 Å². The summed E-state index contributed by atoms with van der Waals surface area (Å²) < 4.78 is 0. The number of anilines is 1. The highest BCUT2D eigenvalue weighted by molar-refractivity contribution is 5.85. The van der Waals surface area contributed by atoms with Crippen LogP contribution in [0.2, 0.25) is 0 Å². The molecule has 1 aromatic heterocycles. The Labute approximate surface area is 106 Å². The number of fused-ring (bicyclic) bond motifs is 1. The van der Waals surface area contributed by atoms with Gasteiger partial charge < -0.3 is 5.32 Å². The van der Waals surface area contributed by atoms with E-state index in [4.69, 9.17) is 0 Å². The first-order valence-electron chi connectivity index (χ1n) is 5.91. The molecule has 3 heteroatoms. The second-order valence-electron chi connectivity index (χ2n) is 4.06. The Balaban J connectivity index is 1.87. The normalized spacial score (nSPS) is 10.4. The number of aromatic nitrogens is 2. The molecule has 1 N–H and O–H groups in total. The molecule has 0 unspecified atom stereocenters. The summed E-state index contributed by atoms with van der Waals surface area (Å²) in [5.41, 5.74) is 1.25. The lowest BCUT2D eigenvalue weighted by atomic mass is 10.0. The molecule has 0 atom stereocenters. The maximum Gasteiger partial charge on any atom is 0.222 e. The van der Waals surface area contributed by atoms with Crippen LogP contribution in [0.25, 0.3) is 10.8 Å². The Bertz CT molecular complexity index is 645. The minimum Gasteiger partial charge on any atom is -0.350 e. The average molecular weight is 235 g/mol. The summed E-state index contributed by atoms with van der Waals surface area (Å²) in [6.07, 6.45) is 3.47. The molecule has 0 aliphatic rings. The molecule has 3 rings (SSSR count). The fourth-order valence-corrected chi connectivity index (χ4v) is 2.01. The van der Waals surface area contributed by atoms with E-state index in [-0.39, 0.29) is 0 Å². The molecule has 18 heavy (non-hydrogen) atoms. The highest BCUT2D eigenvalue weighted by atomic mass is 15.1. The van der Waals surface area contributed by atoms with Crippen LogP contribution in [0.5, 0.6) is 0 Å². The van der Waals surface area contributed by atoms with E-state index in [1.165, 1.54) is 16.3 Å². The van der Waals surface area contributed by atoms with Gasteiger partial charge in [-0.2, -0.15) is 0 Å². The lowest BCUT2D eigenvalue weighted by molar-refractivity contribution is 1.06. The Hall–Kier alpha value is -2.42. The quantitative estimate of drug-likeness (QED) is 0.757. The van der Waals surface area contributed by atoms with Crippen LogP contribution >= 0.6 is 0 Å². The van der Waals surface area contributed by atoms with Gasteiger partial charge in [-0.25, -0.2) is 9.97 Å². The van der Waals surface area contributed by atoms with Gasteiger partial charge in [-0.1, -0.05) is 42.5 Å². The second-order valence-corrected chi connectivity index (χ2v) is 4.06. The van der Waals surface area contributed by atoms with Crippen molar-refractivity contribution in [3.8, 4) is 0 Å². The smallest absolute Gasteiger partial charge is 0.222 e. The molecular weight excluding hydrogens is 222 g/mol. The Morgan fingerprint density at radius 3 is 2.50 bits per heavy atom. The van der Waals surface area contributed by atoms with Crippen molar-refractivity contribution in [3.05, 3.63) is 66.5 Å². The van der Waals surface area contributed by atoms with Gasteiger partial charge in [-0.15, -0.1) is 0 Å². The van der Waals surface area contributed by atoms with Crippen molar-refractivity contribution in [2.75, 3.05) is 5.32 Å². The van der Waals surface area contributed by atoms with Crippen LogP contribution in [0.4, 0.5) is 5.95 Å². The topological polar surface area (TPSA) is 37.8 Å². The predicted molar refractivity (Wildman–Crippen MR) is 73.3 cm³/mol. The molecule has 0 saturated carbocycles. The van der Waals surface area contributed by atoms with E-state index in [1.54, 1.807) is 12.4 Å². The van der Waals surface area contributed by atoms with Crippen LogP contribution in [-0.2, 0) is 6.54 Å². The third-order valence-electron chi connectivity index (χ3n) is 2.88. The zero-order valence-corrected chi connectivity index (χ0v) is 9.88. The van der Waals surface area contributed by atoms with E-state index in [0.717, 1.165) is 6.54 Å². The molecule has 0 saturated heterocycles. The van der Waals surface area contributed by atoms with E-state index in [0.29, 0.717) is 5.95 Å². The summed E-state index contributed by atoms with van der Waals surface area (Å²) in [6.45, 7) is 0.728. The van der Waals surface area contributed by atoms with E-state index in [2.05, 4.69) is 57.7 Å². The number of nitrogens with one attached hydrogen (secondary N) is 1. The van der Waals surface area contributed by atoms with E-state index in [9.17, 15) is 0 Å². The van der Waals surface area contributed by atoms with Gasteiger partial charge in [0.2, 0.25) is 5.95 Å². The zero-order chi connectivity index (χ0) is 12.2. The van der Waals surface area contributed by atoms with Gasteiger partial charge in [0, 0.05) is 18.9 Å². The maximum absolute atomic E-state index is 4.15. The van der Waals surface area contributed by atoms with Gasteiger partial charge in [-0.3, -0.25) is 0 Å². The first-order valence-corrected chi connectivity index (χ1v) is 5.91. The van der Waals surface area contributed by atoms with Crippen LogP contribution in [0.1, 0.15) is 5.56 Å². The maximum atomic E-state index is 4.15. The third-order valence-corrected chi connectivity index (χ3v) is 2.88.